The van der Waals surface area contributed by atoms with Crippen LogP contribution in [-0.4, -0.2) is 175 Å². The predicted molar refractivity (Wildman–Crippen MR) is 454 cm³/mol. The van der Waals surface area contributed by atoms with Crippen LogP contribution in [0.5, 0.6) is 28.7 Å². The van der Waals surface area contributed by atoms with Crippen LogP contribution in [0, 0.1) is 37.9 Å². The molecule has 0 unspecified atom stereocenters. The van der Waals surface area contributed by atoms with Crippen molar-refractivity contribution in [3.8, 4) is 28.7 Å². The average Bonchev–Trinajstić information content (AvgIpc) is 1.70. The topological polar surface area (TPSA) is 533 Å². The molecule has 4 fully saturated rings. The van der Waals surface area contributed by atoms with Crippen molar-refractivity contribution in [1.29, 1.82) is 37.9 Å². The normalized spacial score (nSPS) is 18.7. The third-order valence-electron chi connectivity index (χ3n) is 19.7. The molecule has 0 saturated carbocycles. The smallest absolute Gasteiger partial charge is 0.241 e. The van der Waals surface area contributed by atoms with E-state index < -0.39 is 0 Å². The van der Waals surface area contributed by atoms with Crippen molar-refractivity contribution in [2.24, 2.45) is 40.1 Å². The van der Waals surface area contributed by atoms with Gasteiger partial charge in [0.2, 0.25) is 23.6 Å². The van der Waals surface area contributed by atoms with Crippen LogP contribution < -0.4 is 90.4 Å². The number of methoxy groups -OCH3 is 1. The van der Waals surface area contributed by atoms with Gasteiger partial charge < -0.3 is 90.4 Å². The lowest BCUT2D eigenvalue weighted by Crippen LogP contribution is -2.42. The van der Waals surface area contributed by atoms with Gasteiger partial charge in [-0.3, -0.25) is 71.7 Å². The molecular weight excluding hydrogens is 1490 g/mol. The Morgan fingerprint density at radius 2 is 0.718 bits per heavy atom. The Kier molecular flexibility index (Phi) is 29.7. The van der Waals surface area contributed by atoms with E-state index in [1.807, 2.05) is 90.6 Å². The van der Waals surface area contributed by atoms with Crippen LogP contribution >= 0.6 is 0 Å². The molecule has 0 bridgehead atoms. The molecule has 26 N–H and O–H groups in total. The van der Waals surface area contributed by atoms with Gasteiger partial charge in [0.25, 0.3) is 0 Å². The van der Waals surface area contributed by atoms with Gasteiger partial charge in [0.1, 0.15) is 94.0 Å². The summed E-state index contributed by atoms with van der Waals surface area (Å²) in [6, 6.07) is 65.5. The first-order valence-electron chi connectivity index (χ1n) is 37.6. The maximum Gasteiger partial charge on any atom is 0.241 e. The number of benzene rings is 9. The third-order valence-corrected chi connectivity index (χ3v) is 19.7. The van der Waals surface area contributed by atoms with E-state index >= 15 is 0 Å². The van der Waals surface area contributed by atoms with Crippen molar-refractivity contribution in [3.05, 3.63) is 275 Å². The van der Waals surface area contributed by atoms with Gasteiger partial charge in [-0.25, -0.2) is 0 Å². The fourth-order valence-electron chi connectivity index (χ4n) is 13.5. The van der Waals surface area contributed by atoms with Gasteiger partial charge in [0.15, 0.2) is 0 Å². The molecule has 4 amide bonds. The van der Waals surface area contributed by atoms with Crippen LogP contribution in [0.2, 0.25) is 0 Å². The number of nitrogens with zero attached hydrogens (tertiary/aromatic N) is 3. The summed E-state index contributed by atoms with van der Waals surface area (Å²) in [5.74, 6) is 2.86. The van der Waals surface area contributed by atoms with Gasteiger partial charge in [0, 0.05) is 121 Å². The summed E-state index contributed by atoms with van der Waals surface area (Å²) in [6.07, 6.45) is 1.64. The highest BCUT2D eigenvalue weighted by atomic mass is 16.5. The van der Waals surface area contributed by atoms with Crippen molar-refractivity contribution in [2.75, 3.05) is 63.3 Å². The van der Waals surface area contributed by atoms with Crippen LogP contribution in [0.1, 0.15) is 75.8 Å². The summed E-state index contributed by atoms with van der Waals surface area (Å²) in [7, 11) is 5.41. The van der Waals surface area contributed by atoms with Crippen molar-refractivity contribution in [2.45, 2.75) is 87.4 Å². The lowest BCUT2D eigenvalue weighted by Gasteiger charge is -2.23. The van der Waals surface area contributed by atoms with Gasteiger partial charge in [0.05, 0.1) is 31.3 Å². The lowest BCUT2D eigenvalue weighted by atomic mass is 10.1. The van der Waals surface area contributed by atoms with Gasteiger partial charge in [-0.15, -0.1) is 0 Å². The molecule has 0 spiro atoms. The van der Waals surface area contributed by atoms with Crippen LogP contribution in [0.15, 0.2) is 224 Å². The number of hydrogen-bond donors (Lipinski definition) is 19. The highest BCUT2D eigenvalue weighted by molar-refractivity contribution is 6.01. The molecule has 4 heterocycles. The van der Waals surface area contributed by atoms with Crippen molar-refractivity contribution in [3.63, 3.8) is 0 Å². The number of nitrogen functional groups attached to an aromatic ring is 7. The number of likely N-dealkylation sites (tertiary alicyclic amines) is 3. The Balaban J connectivity index is 0.000000165. The molecule has 4 saturated heterocycles. The van der Waals surface area contributed by atoms with Gasteiger partial charge in [-0.05, 0) is 159 Å². The van der Waals surface area contributed by atoms with Crippen LogP contribution in [-0.2, 0) is 32.3 Å². The fourth-order valence-corrected chi connectivity index (χ4v) is 13.5. The standard InChI is InChI=1S/C27H30N4O3.2C20H24N6O2.C19H22N6O2/c1-33-22-12-10-19(11-13-22)16-30-27(32)25-15-24(18-31(25)17-20-6-3-2-4-7-20)34-23-9-5-8-21(14-23)26(28)29;2*1-26-11-16(28-15-4-2-3-13(9-15)19(23)24)10-17(26)20(27)25-14-7-5-12(6-8-14)18(21)22;20-17(21)11-4-6-13(7-5-11)25-19(26)16-9-15(10-24-16)27-14-3-1-2-12(8-14)18(22)23/h2-14,24-25H,15-18H2,1H3,(H3,28,29)(H,30,32);2*2-9,16-17H,10-11H2,1H3,(H3,21,22)(H3,23,24)(H,25,27);1-8,15-16,24H,9-10H2,(H3,20,21)(H3,22,23)(H,25,26)/t24-,25+;2*16-,17+;15-,16+/m1111/s1. The number of ether oxygens (including phenoxy) is 5. The molecule has 31 heteroatoms. The highest BCUT2D eigenvalue weighted by Crippen LogP contribution is 2.30. The number of amides is 4. The zero-order valence-corrected chi connectivity index (χ0v) is 65.1. The maximum atomic E-state index is 13.2. The second kappa shape index (κ2) is 40.6. The zero-order valence-electron chi connectivity index (χ0n) is 65.1. The first-order chi connectivity index (χ1) is 56.1. The first kappa shape index (κ1) is 85.4. The molecular formula is C86H100N22O9. The van der Waals surface area contributed by atoms with E-state index in [0.717, 1.165) is 16.9 Å². The molecule has 0 aromatic heterocycles. The number of nitrogens with one attached hydrogen (secondary N) is 12. The molecule has 608 valence electrons. The minimum atomic E-state index is -0.363. The summed E-state index contributed by atoms with van der Waals surface area (Å²) < 4.78 is 29.3. The predicted octanol–water partition coefficient (Wildman–Crippen LogP) is 7.01. The Morgan fingerprint density at radius 1 is 0.368 bits per heavy atom. The van der Waals surface area contributed by atoms with Crippen LogP contribution in [0.4, 0.5) is 17.1 Å². The highest BCUT2D eigenvalue weighted by Gasteiger charge is 2.40. The fraction of sp³-hybridized carbons (Fsp3) is 0.244. The molecule has 8 atom stereocenters. The monoisotopic (exact) mass is 1580 g/mol. The van der Waals surface area contributed by atoms with Crippen molar-refractivity contribution < 1.29 is 42.9 Å². The molecule has 9 aromatic rings. The number of likely N-dealkylation sites (N-methyl/N-ethyl adjacent to an activating group) is 2. The van der Waals surface area contributed by atoms with E-state index in [4.69, 9.17) is 102 Å². The Bertz CT molecular complexity index is 4870. The maximum absolute atomic E-state index is 13.2. The number of rotatable bonds is 27. The van der Waals surface area contributed by atoms with Crippen LogP contribution in [0.3, 0.4) is 0 Å². The van der Waals surface area contributed by atoms with E-state index in [1.54, 1.807) is 153 Å². The third kappa shape index (κ3) is 25.0. The number of nitrogens with two attached hydrogens (primary N) is 7. The summed E-state index contributed by atoms with van der Waals surface area (Å²) in [5.41, 5.74) is 46.8. The lowest BCUT2D eigenvalue weighted by molar-refractivity contribution is -0.126. The molecule has 0 radical (unpaired) electrons. The summed E-state index contributed by atoms with van der Waals surface area (Å²) in [4.78, 5) is 57.1. The van der Waals surface area contributed by atoms with Crippen LogP contribution in [0.25, 0.3) is 0 Å². The van der Waals surface area contributed by atoms with Gasteiger partial charge in [-0.2, -0.15) is 0 Å². The summed E-state index contributed by atoms with van der Waals surface area (Å²) >= 11 is 0. The van der Waals surface area contributed by atoms with E-state index in [0.29, 0.717) is 144 Å². The zero-order chi connectivity index (χ0) is 83.8. The summed E-state index contributed by atoms with van der Waals surface area (Å²) in [5, 5.41) is 67.3. The second-order valence-electron chi connectivity index (χ2n) is 28.5. The molecule has 117 heavy (non-hydrogen) atoms. The Hall–Kier alpha value is -14.0. The number of carbonyl (C=O) groups excluding carboxylic acids is 4. The molecule has 13 rings (SSSR count). The SMILES string of the molecule is CN1C[C@H](Oc2cccc(C(=N)N)c2)C[C@H]1C(=O)Nc1ccc(C(=N)N)cc1.CN1C[C@H](Oc2cccc(C(=N)N)c2)C[C@H]1C(=O)Nc1ccc(C(=N)N)cc1.COc1ccc(CNC(=O)[C@@H]2C[C@@H](Oc3cccc(C(=N)N)c3)CN2Cc2ccccc2)cc1.N=C(N)c1ccc(NC(=O)[C@@H]2C[C@@H](Oc3cccc(C(=N)N)c3)CN2)cc1. The van der Waals surface area contributed by atoms with Gasteiger partial charge in [-0.1, -0.05) is 91.0 Å². The summed E-state index contributed by atoms with van der Waals surface area (Å²) in [6.45, 7) is 3.52. The number of anilines is 3. The number of carbonyl (C=O) groups is 4. The molecule has 4 aliphatic rings. The van der Waals surface area contributed by atoms with E-state index in [-0.39, 0.29) is 113 Å². The van der Waals surface area contributed by atoms with Crippen molar-refractivity contribution in [1.82, 2.24) is 25.3 Å². The number of hydrogen-bond acceptors (Lipinski definition) is 20. The van der Waals surface area contributed by atoms with E-state index in [2.05, 4.69) is 43.6 Å². The molecule has 31 nitrogen and oxygen atoms in total. The Morgan fingerprint density at radius 3 is 1.09 bits per heavy atom. The van der Waals surface area contributed by atoms with E-state index in [9.17, 15) is 19.2 Å². The van der Waals surface area contributed by atoms with Crippen molar-refractivity contribution >= 4 is 81.5 Å². The first-order valence-corrected chi connectivity index (χ1v) is 37.6. The molecule has 4 aliphatic heterocycles. The average molecular weight is 1590 g/mol. The van der Waals surface area contributed by atoms with E-state index in [1.165, 1.54) is 0 Å². The van der Waals surface area contributed by atoms with Gasteiger partial charge >= 0.3 is 0 Å². The Labute approximate surface area is 678 Å². The minimum absolute atomic E-state index is 0.00152. The minimum Gasteiger partial charge on any atom is -0.497 e. The number of amidine groups is 7. The largest absolute Gasteiger partial charge is 0.497 e. The quantitative estimate of drug-likeness (QED) is 0.0182. The molecule has 0 aliphatic carbocycles. The second-order valence-corrected chi connectivity index (χ2v) is 28.5. The molecule has 9 aromatic carbocycles.